The monoisotopic (exact) mass is 326 g/mol. The molecule has 0 bridgehead atoms. The normalized spacial score (nSPS) is 11.2. The van der Waals surface area contributed by atoms with Crippen molar-refractivity contribution in [3.05, 3.63) is 71.3 Å². The van der Waals surface area contributed by atoms with Gasteiger partial charge in [0.25, 0.3) is 0 Å². The fraction of sp³-hybridized carbons (Fsp3) is 0.0588. The molecule has 0 aliphatic heterocycles. The van der Waals surface area contributed by atoms with Crippen LogP contribution in [0.4, 0.5) is 4.39 Å². The molecule has 0 aliphatic carbocycles. The summed E-state index contributed by atoms with van der Waals surface area (Å²) in [4.78, 5) is 7.66. The first-order valence-corrected chi connectivity index (χ1v) is 7.48. The lowest BCUT2D eigenvalue weighted by Gasteiger charge is -2.04. The lowest BCUT2D eigenvalue weighted by molar-refractivity contribution is 0.629. The van der Waals surface area contributed by atoms with E-state index in [-0.39, 0.29) is 5.82 Å². The van der Waals surface area contributed by atoms with Crippen LogP contribution in [0.1, 0.15) is 5.56 Å². The molecule has 2 aromatic heterocycles. The van der Waals surface area contributed by atoms with Gasteiger partial charge >= 0.3 is 0 Å². The first-order chi connectivity index (χ1) is 11.2. The molecule has 1 N–H and O–H groups in total. The first kappa shape index (κ1) is 14.0. The lowest BCUT2D eigenvalue weighted by Crippen LogP contribution is -1.99. The molecule has 0 saturated heterocycles. The van der Waals surface area contributed by atoms with Crippen molar-refractivity contribution in [1.29, 1.82) is 0 Å². The molecule has 6 heteroatoms. The molecule has 4 aromatic rings. The van der Waals surface area contributed by atoms with Gasteiger partial charge in [-0.2, -0.15) is 5.10 Å². The fourth-order valence-corrected chi connectivity index (χ4v) is 2.70. The van der Waals surface area contributed by atoms with Gasteiger partial charge in [-0.05, 0) is 29.8 Å². The molecule has 23 heavy (non-hydrogen) atoms. The molecule has 4 nitrogen and oxygen atoms in total. The zero-order chi connectivity index (χ0) is 15.8. The van der Waals surface area contributed by atoms with Gasteiger partial charge in [0.2, 0.25) is 0 Å². The number of hydrogen-bond donors (Lipinski definition) is 1. The largest absolute Gasteiger partial charge is 0.338 e. The average Bonchev–Trinajstić information content (AvgIpc) is 3.13. The van der Waals surface area contributed by atoms with E-state index >= 15 is 0 Å². The summed E-state index contributed by atoms with van der Waals surface area (Å²) in [6, 6.07) is 12.5. The number of halogens is 2. The minimum absolute atomic E-state index is 0.281. The number of hydrogen-bond acceptors (Lipinski definition) is 2. The number of benzene rings is 2. The summed E-state index contributed by atoms with van der Waals surface area (Å²) < 4.78 is 15.1. The highest BCUT2D eigenvalue weighted by Crippen LogP contribution is 2.22. The van der Waals surface area contributed by atoms with Gasteiger partial charge in [0.15, 0.2) is 0 Å². The van der Waals surface area contributed by atoms with E-state index in [1.807, 2.05) is 24.3 Å². The molecule has 2 aromatic carbocycles. The zero-order valence-corrected chi connectivity index (χ0v) is 12.8. The van der Waals surface area contributed by atoms with Gasteiger partial charge in [0.1, 0.15) is 11.6 Å². The molecule has 4 rings (SSSR count). The van der Waals surface area contributed by atoms with Crippen LogP contribution < -0.4 is 0 Å². The number of fused-ring (bicyclic) bond motifs is 1. The number of aromatic amines is 1. The number of H-pyrrole nitrogens is 1. The van der Waals surface area contributed by atoms with Crippen LogP contribution in [0.2, 0.25) is 5.02 Å². The van der Waals surface area contributed by atoms with Crippen molar-refractivity contribution >= 4 is 22.6 Å². The van der Waals surface area contributed by atoms with Crippen LogP contribution in [0.25, 0.3) is 22.4 Å². The Morgan fingerprint density at radius 2 is 2.09 bits per heavy atom. The van der Waals surface area contributed by atoms with Crippen LogP contribution in [0.15, 0.2) is 54.9 Å². The predicted molar refractivity (Wildman–Crippen MR) is 87.8 cm³/mol. The molecule has 0 atom stereocenters. The maximum atomic E-state index is 13.3. The van der Waals surface area contributed by atoms with Crippen LogP contribution in [-0.2, 0) is 6.54 Å². The summed E-state index contributed by atoms with van der Waals surface area (Å²) in [5.41, 5.74) is 3.45. The smallest absolute Gasteiger partial charge is 0.138 e. The van der Waals surface area contributed by atoms with Crippen molar-refractivity contribution in [2.75, 3.05) is 0 Å². The number of rotatable bonds is 3. The summed E-state index contributed by atoms with van der Waals surface area (Å²) in [6.45, 7) is 0.620. The second-order valence-electron chi connectivity index (χ2n) is 5.30. The lowest BCUT2D eigenvalue weighted by atomic mass is 10.1. The summed E-state index contributed by atoms with van der Waals surface area (Å²) in [7, 11) is 0. The summed E-state index contributed by atoms with van der Waals surface area (Å²) in [5.74, 6) is 0.433. The van der Waals surface area contributed by atoms with E-state index in [1.54, 1.807) is 23.1 Å². The zero-order valence-electron chi connectivity index (χ0n) is 12.0. The third-order valence-electron chi connectivity index (χ3n) is 3.59. The Kier molecular flexibility index (Phi) is 3.35. The molecule has 2 heterocycles. The number of aromatic nitrogens is 4. The van der Waals surface area contributed by atoms with Crippen LogP contribution in [0, 0.1) is 5.82 Å². The minimum atomic E-state index is -0.281. The predicted octanol–water partition coefficient (Wildman–Crippen LogP) is 4.27. The molecule has 0 aliphatic rings. The SMILES string of the molecule is Fc1ccc2nc(-c3cccc(Cn4cc(Cl)cn4)c3)[nH]c2c1. The second kappa shape index (κ2) is 5.52. The molecule has 0 unspecified atom stereocenters. The van der Waals surface area contributed by atoms with Crippen molar-refractivity contribution in [2.45, 2.75) is 6.54 Å². The van der Waals surface area contributed by atoms with Gasteiger partial charge < -0.3 is 4.98 Å². The van der Waals surface area contributed by atoms with E-state index in [0.717, 1.165) is 16.6 Å². The Hall–Kier alpha value is -2.66. The third-order valence-corrected chi connectivity index (χ3v) is 3.79. The number of nitrogens with one attached hydrogen (secondary N) is 1. The molecule has 0 amide bonds. The Morgan fingerprint density at radius 1 is 1.17 bits per heavy atom. The average molecular weight is 327 g/mol. The summed E-state index contributed by atoms with van der Waals surface area (Å²) in [6.07, 6.45) is 3.39. The van der Waals surface area contributed by atoms with E-state index in [1.165, 1.54) is 12.1 Å². The molecular weight excluding hydrogens is 315 g/mol. The van der Waals surface area contributed by atoms with Crippen molar-refractivity contribution in [2.24, 2.45) is 0 Å². The van der Waals surface area contributed by atoms with Crippen molar-refractivity contribution in [1.82, 2.24) is 19.7 Å². The molecular formula is C17H12ClFN4. The van der Waals surface area contributed by atoms with Crippen LogP contribution in [-0.4, -0.2) is 19.7 Å². The molecule has 0 saturated carbocycles. The van der Waals surface area contributed by atoms with Gasteiger partial charge in [-0.1, -0.05) is 29.8 Å². The van der Waals surface area contributed by atoms with Crippen molar-refractivity contribution in [3.8, 4) is 11.4 Å². The van der Waals surface area contributed by atoms with E-state index in [4.69, 9.17) is 11.6 Å². The maximum Gasteiger partial charge on any atom is 0.138 e. The highest BCUT2D eigenvalue weighted by Gasteiger charge is 2.07. The van der Waals surface area contributed by atoms with E-state index in [2.05, 4.69) is 15.1 Å². The Balaban J connectivity index is 1.69. The standard InChI is InChI=1S/C17H12ClFN4/c18-13-8-20-23(10-13)9-11-2-1-3-12(6-11)17-21-15-5-4-14(19)7-16(15)22-17/h1-8,10H,9H2,(H,21,22). The quantitative estimate of drug-likeness (QED) is 0.611. The summed E-state index contributed by atoms with van der Waals surface area (Å²) >= 11 is 5.88. The van der Waals surface area contributed by atoms with Gasteiger partial charge in [-0.3, -0.25) is 4.68 Å². The summed E-state index contributed by atoms with van der Waals surface area (Å²) in [5, 5.41) is 4.79. The maximum absolute atomic E-state index is 13.3. The Bertz CT molecular complexity index is 989. The van der Waals surface area contributed by atoms with E-state index in [9.17, 15) is 4.39 Å². The molecule has 0 spiro atoms. The minimum Gasteiger partial charge on any atom is -0.338 e. The van der Waals surface area contributed by atoms with Crippen LogP contribution >= 0.6 is 11.6 Å². The molecule has 114 valence electrons. The van der Waals surface area contributed by atoms with Crippen LogP contribution in [0.3, 0.4) is 0 Å². The van der Waals surface area contributed by atoms with Crippen LogP contribution in [0.5, 0.6) is 0 Å². The van der Waals surface area contributed by atoms with E-state index < -0.39 is 0 Å². The third kappa shape index (κ3) is 2.83. The first-order valence-electron chi connectivity index (χ1n) is 7.10. The number of imidazole rings is 1. The Labute approximate surface area is 136 Å². The van der Waals surface area contributed by atoms with Gasteiger partial charge in [-0.15, -0.1) is 0 Å². The molecule has 0 fully saturated rings. The highest BCUT2D eigenvalue weighted by atomic mass is 35.5. The molecule has 0 radical (unpaired) electrons. The second-order valence-corrected chi connectivity index (χ2v) is 5.74. The van der Waals surface area contributed by atoms with Gasteiger partial charge in [-0.25, -0.2) is 9.37 Å². The fourth-order valence-electron chi connectivity index (χ4n) is 2.55. The van der Waals surface area contributed by atoms with Gasteiger partial charge in [0, 0.05) is 11.8 Å². The van der Waals surface area contributed by atoms with Crippen molar-refractivity contribution in [3.63, 3.8) is 0 Å². The van der Waals surface area contributed by atoms with Gasteiger partial charge in [0.05, 0.1) is 28.8 Å². The number of nitrogens with zero attached hydrogens (tertiary/aromatic N) is 3. The van der Waals surface area contributed by atoms with E-state index in [0.29, 0.717) is 22.9 Å². The highest BCUT2D eigenvalue weighted by molar-refractivity contribution is 6.30. The topological polar surface area (TPSA) is 46.5 Å². The Morgan fingerprint density at radius 3 is 2.91 bits per heavy atom. The van der Waals surface area contributed by atoms with Crippen molar-refractivity contribution < 1.29 is 4.39 Å².